The van der Waals surface area contributed by atoms with E-state index in [0.29, 0.717) is 0 Å². The minimum atomic E-state index is -2.84. The Morgan fingerprint density at radius 1 is 1.67 bits per heavy atom. The Balaban J connectivity index is 3.38. The molecule has 0 atom stereocenters. The topological polar surface area (TPSA) is 50.2 Å². The van der Waals surface area contributed by atoms with E-state index in [1.165, 1.54) is 0 Å². The molecule has 15 heavy (non-hydrogen) atoms. The Kier molecular flexibility index (Phi) is 3.98. The standard InChI is InChI=1S/C8H5BrClF2NO2/c9-2-4-3(8(14)15)1-5(7(11)12)13-6(4)10/h1,7H,2H2,(H,14,15). The van der Waals surface area contributed by atoms with Crippen LogP contribution in [0, 0.1) is 0 Å². The van der Waals surface area contributed by atoms with Crippen LogP contribution in [0.4, 0.5) is 8.78 Å². The molecule has 0 aromatic carbocycles. The number of hydrogen-bond donors (Lipinski definition) is 1. The van der Waals surface area contributed by atoms with Crippen molar-refractivity contribution in [2.24, 2.45) is 0 Å². The van der Waals surface area contributed by atoms with Crippen LogP contribution in [0.3, 0.4) is 0 Å². The monoisotopic (exact) mass is 299 g/mol. The van der Waals surface area contributed by atoms with Crippen molar-refractivity contribution in [3.05, 3.63) is 28.0 Å². The summed E-state index contributed by atoms with van der Waals surface area (Å²) in [5.41, 5.74) is -0.710. The van der Waals surface area contributed by atoms with Crippen LogP contribution in [0.5, 0.6) is 0 Å². The van der Waals surface area contributed by atoms with Gasteiger partial charge in [-0.25, -0.2) is 18.6 Å². The number of aromatic carboxylic acids is 1. The van der Waals surface area contributed by atoms with E-state index in [0.717, 1.165) is 6.07 Å². The van der Waals surface area contributed by atoms with Gasteiger partial charge in [-0.15, -0.1) is 0 Å². The molecule has 1 aromatic rings. The SMILES string of the molecule is O=C(O)c1cc(C(F)F)nc(Cl)c1CBr. The molecule has 82 valence electrons. The third kappa shape index (κ3) is 2.63. The van der Waals surface area contributed by atoms with E-state index in [-0.39, 0.29) is 21.6 Å². The summed E-state index contributed by atoms with van der Waals surface area (Å²) < 4.78 is 24.6. The number of aromatic nitrogens is 1. The molecule has 0 saturated heterocycles. The average molecular weight is 300 g/mol. The van der Waals surface area contributed by atoms with E-state index in [2.05, 4.69) is 20.9 Å². The number of halogens is 4. The molecule has 0 fully saturated rings. The molecule has 1 heterocycles. The minimum Gasteiger partial charge on any atom is -0.478 e. The van der Waals surface area contributed by atoms with Crippen LogP contribution in [0.25, 0.3) is 0 Å². The second-order valence-corrected chi connectivity index (χ2v) is 3.52. The number of carbonyl (C=O) groups is 1. The van der Waals surface area contributed by atoms with Gasteiger partial charge in [-0.3, -0.25) is 0 Å². The molecule has 7 heteroatoms. The number of rotatable bonds is 3. The number of nitrogens with zero attached hydrogens (tertiary/aromatic N) is 1. The first-order valence-electron chi connectivity index (χ1n) is 3.74. The maximum absolute atomic E-state index is 12.3. The first kappa shape index (κ1) is 12.3. The van der Waals surface area contributed by atoms with Gasteiger partial charge in [0.2, 0.25) is 0 Å². The van der Waals surface area contributed by atoms with Crippen molar-refractivity contribution in [3.63, 3.8) is 0 Å². The van der Waals surface area contributed by atoms with Crippen LogP contribution in [0.1, 0.15) is 28.0 Å². The van der Waals surface area contributed by atoms with Gasteiger partial charge >= 0.3 is 5.97 Å². The zero-order chi connectivity index (χ0) is 11.6. The Bertz CT molecular complexity index is 400. The zero-order valence-corrected chi connectivity index (χ0v) is 9.52. The highest BCUT2D eigenvalue weighted by molar-refractivity contribution is 9.08. The largest absolute Gasteiger partial charge is 0.478 e. The maximum atomic E-state index is 12.3. The number of hydrogen-bond acceptors (Lipinski definition) is 2. The van der Waals surface area contributed by atoms with Gasteiger partial charge in [0, 0.05) is 10.9 Å². The van der Waals surface area contributed by atoms with Gasteiger partial charge in [0.15, 0.2) is 0 Å². The van der Waals surface area contributed by atoms with E-state index in [1.807, 2.05) is 0 Å². The lowest BCUT2D eigenvalue weighted by Crippen LogP contribution is -2.06. The van der Waals surface area contributed by atoms with Crippen LogP contribution in [0.2, 0.25) is 5.15 Å². The smallest absolute Gasteiger partial charge is 0.336 e. The third-order valence-electron chi connectivity index (χ3n) is 1.68. The molecule has 0 aliphatic heterocycles. The molecule has 0 amide bonds. The number of carboxylic acids is 1. The molecule has 3 nitrogen and oxygen atoms in total. The van der Waals surface area contributed by atoms with E-state index in [9.17, 15) is 13.6 Å². The van der Waals surface area contributed by atoms with Crippen molar-refractivity contribution in [3.8, 4) is 0 Å². The summed E-state index contributed by atoms with van der Waals surface area (Å²) in [6, 6.07) is 0.829. The van der Waals surface area contributed by atoms with Gasteiger partial charge in [-0.05, 0) is 6.07 Å². The highest BCUT2D eigenvalue weighted by Gasteiger charge is 2.19. The fraction of sp³-hybridized carbons (Fsp3) is 0.250. The van der Waals surface area contributed by atoms with Crippen LogP contribution in [-0.2, 0) is 5.33 Å². The van der Waals surface area contributed by atoms with Gasteiger partial charge in [0.25, 0.3) is 6.43 Å². The molecule has 1 N–H and O–H groups in total. The molecule has 0 saturated carbocycles. The first-order valence-corrected chi connectivity index (χ1v) is 5.24. The van der Waals surface area contributed by atoms with Crippen molar-refractivity contribution >= 4 is 33.5 Å². The number of pyridine rings is 1. The molecule has 0 aliphatic rings. The Morgan fingerprint density at radius 3 is 2.67 bits per heavy atom. The highest BCUT2D eigenvalue weighted by atomic mass is 79.9. The van der Waals surface area contributed by atoms with E-state index < -0.39 is 18.1 Å². The molecule has 0 spiro atoms. The average Bonchev–Trinajstić information content (AvgIpc) is 2.16. The molecule has 1 rings (SSSR count). The molecule has 0 aliphatic carbocycles. The van der Waals surface area contributed by atoms with Crippen LogP contribution in [-0.4, -0.2) is 16.1 Å². The van der Waals surface area contributed by atoms with Crippen molar-refractivity contribution in [2.45, 2.75) is 11.8 Å². The summed E-state index contributed by atoms with van der Waals surface area (Å²) in [7, 11) is 0. The van der Waals surface area contributed by atoms with Crippen molar-refractivity contribution in [1.29, 1.82) is 0 Å². The van der Waals surface area contributed by atoms with Gasteiger partial charge in [0.1, 0.15) is 10.8 Å². The Morgan fingerprint density at radius 2 is 2.27 bits per heavy atom. The molecule has 0 bridgehead atoms. The van der Waals surface area contributed by atoms with Crippen molar-refractivity contribution < 1.29 is 18.7 Å². The summed E-state index contributed by atoms with van der Waals surface area (Å²) in [5, 5.41) is 8.70. The fourth-order valence-electron chi connectivity index (χ4n) is 0.989. The minimum absolute atomic E-state index is 0.143. The summed E-state index contributed by atoms with van der Waals surface area (Å²) in [5.74, 6) is -1.31. The molecular weight excluding hydrogens is 295 g/mol. The second-order valence-electron chi connectivity index (χ2n) is 2.60. The van der Waals surface area contributed by atoms with Gasteiger partial charge < -0.3 is 5.11 Å². The summed E-state index contributed by atoms with van der Waals surface area (Å²) >= 11 is 8.60. The van der Waals surface area contributed by atoms with Gasteiger partial charge in [0.05, 0.1) is 5.56 Å². The first-order chi connectivity index (χ1) is 6.97. The molecule has 0 unspecified atom stereocenters. The van der Waals surface area contributed by atoms with Crippen molar-refractivity contribution in [1.82, 2.24) is 4.98 Å². The predicted octanol–water partition coefficient (Wildman–Crippen LogP) is 3.27. The predicted molar refractivity (Wildman–Crippen MR) is 53.8 cm³/mol. The number of carboxylic acid groups (broad SMARTS) is 1. The van der Waals surface area contributed by atoms with Gasteiger partial charge in [-0.2, -0.15) is 0 Å². The van der Waals surface area contributed by atoms with Gasteiger partial charge in [-0.1, -0.05) is 27.5 Å². The maximum Gasteiger partial charge on any atom is 0.336 e. The summed E-state index contributed by atoms with van der Waals surface area (Å²) in [6.45, 7) is 0. The van der Waals surface area contributed by atoms with Crippen LogP contribution < -0.4 is 0 Å². The Labute approximate surface area is 97.2 Å². The van der Waals surface area contributed by atoms with Crippen LogP contribution >= 0.6 is 27.5 Å². The lowest BCUT2D eigenvalue weighted by molar-refractivity contribution is 0.0695. The summed E-state index contributed by atoms with van der Waals surface area (Å²) in [6.07, 6.45) is -2.84. The molecular formula is C8H5BrClF2NO2. The number of alkyl halides is 3. The zero-order valence-electron chi connectivity index (χ0n) is 7.18. The normalized spacial score (nSPS) is 10.7. The molecule has 0 radical (unpaired) electrons. The molecule has 1 aromatic heterocycles. The Hall–Kier alpha value is -0.750. The quantitative estimate of drug-likeness (QED) is 0.688. The fourth-order valence-corrected chi connectivity index (χ4v) is 1.98. The highest BCUT2D eigenvalue weighted by Crippen LogP contribution is 2.26. The van der Waals surface area contributed by atoms with E-state index >= 15 is 0 Å². The lowest BCUT2D eigenvalue weighted by Gasteiger charge is -2.07. The van der Waals surface area contributed by atoms with E-state index in [4.69, 9.17) is 16.7 Å². The third-order valence-corrected chi connectivity index (χ3v) is 2.55. The van der Waals surface area contributed by atoms with E-state index in [1.54, 1.807) is 0 Å². The lowest BCUT2D eigenvalue weighted by atomic mass is 10.1. The second kappa shape index (κ2) is 4.85. The summed E-state index contributed by atoms with van der Waals surface area (Å²) in [4.78, 5) is 14.2. The van der Waals surface area contributed by atoms with Crippen LogP contribution in [0.15, 0.2) is 6.07 Å². The van der Waals surface area contributed by atoms with Crippen molar-refractivity contribution in [2.75, 3.05) is 0 Å².